The van der Waals surface area contributed by atoms with Gasteiger partial charge in [0.05, 0.1) is 13.1 Å². The number of benzene rings is 1. The highest BCUT2D eigenvalue weighted by Gasteiger charge is 2.11. The van der Waals surface area contributed by atoms with E-state index >= 15 is 0 Å². The summed E-state index contributed by atoms with van der Waals surface area (Å²) in [5.41, 5.74) is 1.14. The largest absolute Gasteiger partial charge is 0.354 e. The van der Waals surface area contributed by atoms with E-state index in [9.17, 15) is 4.79 Å². The molecule has 5 nitrogen and oxygen atoms in total. The van der Waals surface area contributed by atoms with Gasteiger partial charge in [-0.25, -0.2) is 4.99 Å². The maximum absolute atomic E-state index is 11.7. The summed E-state index contributed by atoms with van der Waals surface area (Å²) in [6, 6.07) is 10.3. The van der Waals surface area contributed by atoms with Crippen LogP contribution < -0.4 is 10.6 Å². The third kappa shape index (κ3) is 6.61. The summed E-state index contributed by atoms with van der Waals surface area (Å²) in [5.74, 6) is 1.17. The minimum Gasteiger partial charge on any atom is -0.354 e. The van der Waals surface area contributed by atoms with Gasteiger partial charge in [-0.15, -0.1) is 0 Å². The van der Waals surface area contributed by atoms with E-state index in [4.69, 9.17) is 0 Å². The van der Waals surface area contributed by atoms with Crippen molar-refractivity contribution in [1.82, 2.24) is 15.5 Å². The molecule has 122 valence electrons. The molecule has 0 heterocycles. The summed E-state index contributed by atoms with van der Waals surface area (Å²) < 4.78 is 0. The lowest BCUT2D eigenvalue weighted by Gasteiger charge is -2.21. The Morgan fingerprint density at radius 3 is 2.36 bits per heavy atom. The van der Waals surface area contributed by atoms with Gasteiger partial charge in [0.2, 0.25) is 5.91 Å². The molecule has 0 fully saturated rings. The first-order valence-corrected chi connectivity index (χ1v) is 7.69. The van der Waals surface area contributed by atoms with Crippen molar-refractivity contribution in [1.29, 1.82) is 0 Å². The van der Waals surface area contributed by atoms with Crippen molar-refractivity contribution in [2.45, 2.75) is 33.4 Å². The highest BCUT2D eigenvalue weighted by atomic mass is 16.2. The third-order valence-electron chi connectivity index (χ3n) is 3.53. The van der Waals surface area contributed by atoms with Crippen LogP contribution in [0.15, 0.2) is 35.3 Å². The van der Waals surface area contributed by atoms with Gasteiger partial charge in [-0.3, -0.25) is 4.79 Å². The Hall–Kier alpha value is -2.04. The summed E-state index contributed by atoms with van der Waals surface area (Å²) in [6.07, 6.45) is 0. The van der Waals surface area contributed by atoms with Crippen LogP contribution in [0.4, 0.5) is 0 Å². The lowest BCUT2D eigenvalue weighted by atomic mass is 10.1. The van der Waals surface area contributed by atoms with Gasteiger partial charge in [-0.1, -0.05) is 44.2 Å². The number of guanidine groups is 1. The Bertz CT molecular complexity index is 483. The average molecular weight is 304 g/mol. The Labute approximate surface area is 133 Å². The minimum atomic E-state index is 0.0198. The van der Waals surface area contributed by atoms with Gasteiger partial charge in [0.1, 0.15) is 0 Å². The summed E-state index contributed by atoms with van der Waals surface area (Å²) in [6.45, 7) is 7.22. The topological polar surface area (TPSA) is 56.7 Å². The first-order valence-electron chi connectivity index (χ1n) is 7.69. The fourth-order valence-electron chi connectivity index (χ4n) is 1.61. The Balaban J connectivity index is 2.70. The molecule has 0 aliphatic heterocycles. The zero-order valence-corrected chi connectivity index (χ0v) is 14.3. The van der Waals surface area contributed by atoms with Crippen molar-refractivity contribution in [3.8, 4) is 0 Å². The molecule has 0 saturated carbocycles. The zero-order valence-electron chi connectivity index (χ0n) is 14.3. The van der Waals surface area contributed by atoms with Gasteiger partial charge in [0.25, 0.3) is 0 Å². The fourth-order valence-corrected chi connectivity index (χ4v) is 1.61. The Morgan fingerprint density at radius 2 is 1.82 bits per heavy atom. The molecule has 2 N–H and O–H groups in total. The predicted octanol–water partition coefficient (Wildman–Crippen LogP) is 1.85. The molecule has 0 bridgehead atoms. The molecule has 0 spiro atoms. The van der Waals surface area contributed by atoms with Gasteiger partial charge in [0, 0.05) is 20.1 Å². The van der Waals surface area contributed by atoms with E-state index in [-0.39, 0.29) is 18.5 Å². The summed E-state index contributed by atoms with van der Waals surface area (Å²) in [5, 5.41) is 6.45. The Kier molecular flexibility index (Phi) is 7.43. The lowest BCUT2D eigenvalue weighted by molar-refractivity contribution is -0.127. The number of amides is 1. The molecule has 1 rings (SSSR count). The molecule has 1 amide bonds. The highest BCUT2D eigenvalue weighted by Crippen LogP contribution is 2.02. The molecule has 0 aliphatic carbocycles. The number of hydrogen-bond donors (Lipinski definition) is 2. The van der Waals surface area contributed by atoms with Crippen LogP contribution in [0, 0.1) is 5.92 Å². The molecular weight excluding hydrogens is 276 g/mol. The number of likely N-dealkylation sites (N-methyl/N-ethyl adjacent to an activating group) is 1. The van der Waals surface area contributed by atoms with Gasteiger partial charge >= 0.3 is 0 Å². The first kappa shape index (κ1) is 18.0. The maximum atomic E-state index is 11.7. The molecule has 0 saturated heterocycles. The SMILES string of the molecule is CC(C)C(C)NC(=NCc1ccccc1)NCC(=O)N(C)C. The molecule has 22 heavy (non-hydrogen) atoms. The van der Waals surface area contributed by atoms with E-state index in [1.54, 1.807) is 19.0 Å². The second-order valence-corrected chi connectivity index (χ2v) is 5.97. The van der Waals surface area contributed by atoms with E-state index in [1.165, 1.54) is 0 Å². The van der Waals surface area contributed by atoms with E-state index in [2.05, 4.69) is 36.4 Å². The fraction of sp³-hybridized carbons (Fsp3) is 0.529. The van der Waals surface area contributed by atoms with Crippen LogP contribution in [0.3, 0.4) is 0 Å². The van der Waals surface area contributed by atoms with E-state index in [0.717, 1.165) is 5.56 Å². The van der Waals surface area contributed by atoms with Crippen molar-refractivity contribution in [2.24, 2.45) is 10.9 Å². The maximum Gasteiger partial charge on any atom is 0.241 e. The molecule has 1 aromatic rings. The lowest BCUT2D eigenvalue weighted by Crippen LogP contribution is -2.47. The van der Waals surface area contributed by atoms with Crippen LogP contribution in [-0.4, -0.2) is 43.4 Å². The van der Waals surface area contributed by atoms with Crippen LogP contribution in [0.2, 0.25) is 0 Å². The Morgan fingerprint density at radius 1 is 1.18 bits per heavy atom. The molecule has 0 aliphatic rings. The summed E-state index contributed by atoms with van der Waals surface area (Å²) >= 11 is 0. The molecule has 1 aromatic carbocycles. The number of hydrogen-bond acceptors (Lipinski definition) is 2. The van der Waals surface area contributed by atoms with Gasteiger partial charge in [0.15, 0.2) is 5.96 Å². The number of carbonyl (C=O) groups is 1. The predicted molar refractivity (Wildman–Crippen MR) is 91.7 cm³/mol. The highest BCUT2D eigenvalue weighted by molar-refractivity contribution is 5.86. The van der Waals surface area contributed by atoms with Crippen LogP contribution in [0.1, 0.15) is 26.3 Å². The summed E-state index contributed by atoms with van der Waals surface area (Å²) in [7, 11) is 3.49. The van der Waals surface area contributed by atoms with Crippen molar-refractivity contribution in [3.63, 3.8) is 0 Å². The number of aliphatic imine (C=N–C) groups is 1. The number of rotatable bonds is 6. The number of carbonyl (C=O) groups excluding carboxylic acids is 1. The van der Waals surface area contributed by atoms with Crippen LogP contribution >= 0.6 is 0 Å². The molecule has 5 heteroatoms. The average Bonchev–Trinajstić information content (AvgIpc) is 2.50. The van der Waals surface area contributed by atoms with Gasteiger partial charge in [-0.05, 0) is 18.4 Å². The molecule has 0 aromatic heterocycles. The van der Waals surface area contributed by atoms with Gasteiger partial charge in [-0.2, -0.15) is 0 Å². The smallest absolute Gasteiger partial charge is 0.241 e. The third-order valence-corrected chi connectivity index (χ3v) is 3.53. The van der Waals surface area contributed by atoms with Gasteiger partial charge < -0.3 is 15.5 Å². The van der Waals surface area contributed by atoms with Crippen molar-refractivity contribution < 1.29 is 4.79 Å². The van der Waals surface area contributed by atoms with Crippen LogP contribution in [0.25, 0.3) is 0 Å². The standard InChI is InChI=1S/C17H28N4O/c1-13(2)14(3)20-17(19-12-16(22)21(4)5)18-11-15-9-7-6-8-10-15/h6-10,13-14H,11-12H2,1-5H3,(H2,18,19,20). The van der Waals surface area contributed by atoms with E-state index < -0.39 is 0 Å². The summed E-state index contributed by atoms with van der Waals surface area (Å²) in [4.78, 5) is 17.9. The molecule has 1 atom stereocenters. The van der Waals surface area contributed by atoms with E-state index in [1.807, 2.05) is 30.3 Å². The minimum absolute atomic E-state index is 0.0198. The second kappa shape index (κ2) is 9.07. The van der Waals surface area contributed by atoms with Crippen molar-refractivity contribution >= 4 is 11.9 Å². The van der Waals surface area contributed by atoms with E-state index in [0.29, 0.717) is 18.4 Å². The van der Waals surface area contributed by atoms with Crippen LogP contribution in [0.5, 0.6) is 0 Å². The number of nitrogens with zero attached hydrogens (tertiary/aromatic N) is 2. The molecule has 0 radical (unpaired) electrons. The van der Waals surface area contributed by atoms with Crippen molar-refractivity contribution in [2.75, 3.05) is 20.6 Å². The monoisotopic (exact) mass is 304 g/mol. The first-order chi connectivity index (χ1) is 10.4. The second-order valence-electron chi connectivity index (χ2n) is 5.97. The molecule has 1 unspecified atom stereocenters. The van der Waals surface area contributed by atoms with Crippen molar-refractivity contribution in [3.05, 3.63) is 35.9 Å². The number of nitrogens with one attached hydrogen (secondary N) is 2. The van der Waals surface area contributed by atoms with Crippen LogP contribution in [-0.2, 0) is 11.3 Å². The molecular formula is C17H28N4O. The quantitative estimate of drug-likeness (QED) is 0.623. The zero-order chi connectivity index (χ0) is 16.5. The normalized spacial score (nSPS) is 12.9.